The van der Waals surface area contributed by atoms with Crippen LogP contribution >= 0.6 is 0 Å². The largest absolute Gasteiger partial charge is 0.497 e. The number of aliphatic hydroxyl groups is 1. The minimum atomic E-state index is -1.82. The Kier molecular flexibility index (Phi) is 3.66. The number of Topliss-reactive ketones (excluding diaryl/α,β-unsaturated/α-hetero) is 1. The van der Waals surface area contributed by atoms with Gasteiger partial charge in [-0.3, -0.25) is 9.59 Å². The highest BCUT2D eigenvalue weighted by molar-refractivity contribution is 6.10. The molecule has 2 aromatic rings. The molecule has 0 unspecified atom stereocenters. The molecule has 0 saturated heterocycles. The van der Waals surface area contributed by atoms with Crippen LogP contribution in [0.25, 0.3) is 0 Å². The van der Waals surface area contributed by atoms with Gasteiger partial charge < -0.3 is 14.7 Å². The SMILES string of the molecule is COc1ccc(C(=O)C[C@]2(O)C(=O)N(C)c3ccccc32)cc1. The lowest BCUT2D eigenvalue weighted by atomic mass is 9.88. The third-order valence-corrected chi connectivity index (χ3v) is 4.20. The fraction of sp³-hybridized carbons (Fsp3) is 0.222. The zero-order valence-electron chi connectivity index (χ0n) is 12.9. The predicted molar refractivity (Wildman–Crippen MR) is 85.7 cm³/mol. The number of benzene rings is 2. The average molecular weight is 311 g/mol. The van der Waals surface area contributed by atoms with Crippen LogP contribution in [-0.4, -0.2) is 31.0 Å². The van der Waals surface area contributed by atoms with Crippen molar-refractivity contribution in [2.45, 2.75) is 12.0 Å². The summed E-state index contributed by atoms with van der Waals surface area (Å²) in [6.07, 6.45) is -0.292. The van der Waals surface area contributed by atoms with Crippen LogP contribution in [0.4, 0.5) is 5.69 Å². The Morgan fingerprint density at radius 1 is 1.17 bits per heavy atom. The highest BCUT2D eigenvalue weighted by Crippen LogP contribution is 2.41. The van der Waals surface area contributed by atoms with Crippen LogP contribution in [0.1, 0.15) is 22.3 Å². The van der Waals surface area contributed by atoms with Crippen molar-refractivity contribution in [2.75, 3.05) is 19.1 Å². The smallest absolute Gasteiger partial charge is 0.263 e. The summed E-state index contributed by atoms with van der Waals surface area (Å²) in [5, 5.41) is 10.9. The van der Waals surface area contributed by atoms with Gasteiger partial charge in [-0.15, -0.1) is 0 Å². The molecule has 0 spiro atoms. The Hall–Kier alpha value is -2.66. The number of likely N-dealkylation sites (N-methyl/N-ethyl adjacent to an activating group) is 1. The Morgan fingerprint density at radius 2 is 1.83 bits per heavy atom. The number of ether oxygens (including phenoxy) is 1. The third kappa shape index (κ3) is 2.39. The topological polar surface area (TPSA) is 66.8 Å². The standard InChI is InChI=1S/C18H17NO4/c1-19-15-6-4-3-5-14(15)18(22,17(19)21)11-16(20)12-7-9-13(23-2)10-8-12/h3-10,22H,11H2,1-2H3/t18-/m1/s1. The zero-order chi connectivity index (χ0) is 16.6. The van der Waals surface area contributed by atoms with Crippen molar-refractivity contribution in [2.24, 2.45) is 0 Å². The van der Waals surface area contributed by atoms with Gasteiger partial charge in [0, 0.05) is 18.2 Å². The average Bonchev–Trinajstić information content (AvgIpc) is 2.77. The van der Waals surface area contributed by atoms with E-state index in [4.69, 9.17) is 4.74 Å². The van der Waals surface area contributed by atoms with E-state index in [0.717, 1.165) is 0 Å². The summed E-state index contributed by atoms with van der Waals surface area (Å²) in [6.45, 7) is 0. The van der Waals surface area contributed by atoms with Crippen LogP contribution in [-0.2, 0) is 10.4 Å². The molecule has 118 valence electrons. The number of hydrogen-bond acceptors (Lipinski definition) is 4. The summed E-state index contributed by atoms with van der Waals surface area (Å²) in [7, 11) is 3.14. The summed E-state index contributed by atoms with van der Waals surface area (Å²) < 4.78 is 5.06. The van der Waals surface area contributed by atoms with Crippen molar-refractivity contribution in [3.63, 3.8) is 0 Å². The first-order valence-corrected chi connectivity index (χ1v) is 7.24. The van der Waals surface area contributed by atoms with Crippen molar-refractivity contribution in [3.8, 4) is 5.75 Å². The molecule has 1 aliphatic rings. The van der Waals surface area contributed by atoms with E-state index >= 15 is 0 Å². The van der Waals surface area contributed by atoms with E-state index in [0.29, 0.717) is 22.6 Å². The molecule has 0 radical (unpaired) electrons. The number of nitrogens with zero attached hydrogens (tertiary/aromatic N) is 1. The normalized spacial score (nSPS) is 19.6. The molecule has 3 rings (SSSR count). The van der Waals surface area contributed by atoms with E-state index in [2.05, 4.69) is 0 Å². The van der Waals surface area contributed by atoms with Gasteiger partial charge in [-0.1, -0.05) is 18.2 Å². The van der Waals surface area contributed by atoms with E-state index in [1.165, 1.54) is 4.90 Å². The van der Waals surface area contributed by atoms with Crippen molar-refractivity contribution in [1.29, 1.82) is 0 Å². The number of rotatable bonds is 4. The van der Waals surface area contributed by atoms with Gasteiger partial charge in [0.1, 0.15) is 5.75 Å². The number of carbonyl (C=O) groups is 2. The number of anilines is 1. The molecular weight excluding hydrogens is 294 g/mol. The maximum absolute atomic E-state index is 12.5. The molecule has 1 heterocycles. The van der Waals surface area contributed by atoms with Crippen molar-refractivity contribution in [3.05, 3.63) is 59.7 Å². The maximum Gasteiger partial charge on any atom is 0.263 e. The Labute approximate surface area is 134 Å². The minimum absolute atomic E-state index is 0.292. The number of hydrogen-bond donors (Lipinski definition) is 1. The molecule has 1 amide bonds. The lowest BCUT2D eigenvalue weighted by Gasteiger charge is -2.21. The number of fused-ring (bicyclic) bond motifs is 1. The first-order chi connectivity index (χ1) is 11.0. The molecule has 1 N–H and O–H groups in total. The summed E-state index contributed by atoms with van der Waals surface area (Å²) in [5.74, 6) is -0.142. The van der Waals surface area contributed by atoms with Gasteiger partial charge in [-0.05, 0) is 30.3 Å². The molecular formula is C18H17NO4. The summed E-state index contributed by atoms with van der Waals surface area (Å²) >= 11 is 0. The second-order valence-corrected chi connectivity index (χ2v) is 5.57. The highest BCUT2D eigenvalue weighted by Gasteiger charge is 2.49. The van der Waals surface area contributed by atoms with Crippen molar-refractivity contribution < 1.29 is 19.4 Å². The maximum atomic E-state index is 12.5. The van der Waals surface area contributed by atoms with Gasteiger partial charge in [-0.2, -0.15) is 0 Å². The number of para-hydroxylation sites is 1. The monoisotopic (exact) mass is 311 g/mol. The van der Waals surface area contributed by atoms with Crippen LogP contribution < -0.4 is 9.64 Å². The summed E-state index contributed by atoms with van der Waals surface area (Å²) in [6, 6.07) is 13.6. The molecule has 0 fully saturated rings. The van der Waals surface area contributed by atoms with E-state index in [1.54, 1.807) is 62.7 Å². The predicted octanol–water partition coefficient (Wildman–Crippen LogP) is 2.13. The van der Waals surface area contributed by atoms with Crippen LogP contribution in [0.3, 0.4) is 0 Å². The van der Waals surface area contributed by atoms with E-state index in [1.807, 2.05) is 0 Å². The molecule has 0 saturated carbocycles. The van der Waals surface area contributed by atoms with Crippen molar-refractivity contribution >= 4 is 17.4 Å². The van der Waals surface area contributed by atoms with E-state index in [-0.39, 0.29) is 12.2 Å². The Bertz CT molecular complexity index is 769. The fourth-order valence-corrected chi connectivity index (χ4v) is 2.90. The van der Waals surface area contributed by atoms with Gasteiger partial charge in [-0.25, -0.2) is 0 Å². The first-order valence-electron chi connectivity index (χ1n) is 7.24. The van der Waals surface area contributed by atoms with E-state index in [9.17, 15) is 14.7 Å². The lowest BCUT2D eigenvalue weighted by molar-refractivity contribution is -0.135. The number of carbonyl (C=O) groups excluding carboxylic acids is 2. The lowest BCUT2D eigenvalue weighted by Crippen LogP contribution is -2.40. The molecule has 1 aliphatic heterocycles. The highest BCUT2D eigenvalue weighted by atomic mass is 16.5. The number of methoxy groups -OCH3 is 1. The number of amides is 1. The van der Waals surface area contributed by atoms with Gasteiger partial charge in [0.25, 0.3) is 5.91 Å². The zero-order valence-corrected chi connectivity index (χ0v) is 12.9. The second-order valence-electron chi connectivity index (χ2n) is 5.57. The first kappa shape index (κ1) is 15.2. The molecule has 23 heavy (non-hydrogen) atoms. The second kappa shape index (κ2) is 5.52. The molecule has 5 nitrogen and oxygen atoms in total. The summed E-state index contributed by atoms with van der Waals surface area (Å²) in [4.78, 5) is 26.3. The van der Waals surface area contributed by atoms with Gasteiger partial charge in [0.05, 0.1) is 19.2 Å². The van der Waals surface area contributed by atoms with Crippen LogP contribution in [0.15, 0.2) is 48.5 Å². The molecule has 1 atom stereocenters. The van der Waals surface area contributed by atoms with Gasteiger partial charge >= 0.3 is 0 Å². The summed E-state index contributed by atoms with van der Waals surface area (Å²) in [5.41, 5.74) is -0.293. The molecule has 0 bridgehead atoms. The van der Waals surface area contributed by atoms with Gasteiger partial charge in [0.15, 0.2) is 11.4 Å². The Morgan fingerprint density at radius 3 is 2.48 bits per heavy atom. The van der Waals surface area contributed by atoms with E-state index < -0.39 is 11.5 Å². The van der Waals surface area contributed by atoms with Crippen LogP contribution in [0.5, 0.6) is 5.75 Å². The van der Waals surface area contributed by atoms with Crippen LogP contribution in [0.2, 0.25) is 0 Å². The minimum Gasteiger partial charge on any atom is -0.497 e. The molecule has 0 aliphatic carbocycles. The van der Waals surface area contributed by atoms with Gasteiger partial charge in [0.2, 0.25) is 0 Å². The molecule has 2 aromatic carbocycles. The quantitative estimate of drug-likeness (QED) is 0.879. The number of ketones is 1. The third-order valence-electron chi connectivity index (χ3n) is 4.20. The fourth-order valence-electron chi connectivity index (χ4n) is 2.90. The van der Waals surface area contributed by atoms with Crippen molar-refractivity contribution in [1.82, 2.24) is 0 Å². The molecule has 5 heteroatoms. The van der Waals surface area contributed by atoms with Crippen LogP contribution in [0, 0.1) is 0 Å². The Balaban J connectivity index is 1.92. The molecule has 0 aromatic heterocycles.